The monoisotopic (exact) mass is 338 g/mol. The smallest absolute Gasteiger partial charge is 0.324 e. The molecule has 0 saturated carbocycles. The van der Waals surface area contributed by atoms with Gasteiger partial charge in [0.25, 0.3) is 0 Å². The van der Waals surface area contributed by atoms with Gasteiger partial charge in [0, 0.05) is 0 Å². The molecule has 0 fully saturated rings. The van der Waals surface area contributed by atoms with E-state index in [4.69, 9.17) is 20.9 Å². The van der Waals surface area contributed by atoms with Crippen molar-refractivity contribution in [1.82, 2.24) is 0 Å². The Balaban J connectivity index is 3.74. The Morgan fingerprint density at radius 1 is 1.00 bits per heavy atom. The maximum absolute atomic E-state index is 10.0. The zero-order chi connectivity index (χ0) is 16.1. The van der Waals surface area contributed by atoms with E-state index in [1.807, 2.05) is 0 Å². The molecule has 2 atom stereocenters. The van der Waals surface area contributed by atoms with Crippen LogP contribution in [0.1, 0.15) is 79.1 Å². The summed E-state index contributed by atoms with van der Waals surface area (Å²) in [4.78, 5) is 10.0. The van der Waals surface area contributed by atoms with E-state index in [9.17, 15) is 4.89 Å². The number of hydrogen-bond acceptors (Lipinski definition) is 3. The van der Waals surface area contributed by atoms with Gasteiger partial charge in [0.2, 0.25) is 0 Å². The summed E-state index contributed by atoms with van der Waals surface area (Å²) in [6.07, 6.45) is 9.12. The van der Waals surface area contributed by atoms with E-state index in [1.54, 1.807) is 0 Å². The molecule has 5 heteroatoms. The Labute approximate surface area is 137 Å². The minimum absolute atomic E-state index is 0.481. The van der Waals surface area contributed by atoms with Crippen LogP contribution < -0.4 is 0 Å². The van der Waals surface area contributed by atoms with Crippen LogP contribution in [0.25, 0.3) is 0 Å². The summed E-state index contributed by atoms with van der Waals surface area (Å²) in [7, 11) is 0. The molecule has 0 rings (SSSR count). The van der Waals surface area contributed by atoms with Gasteiger partial charge in [-0.15, -0.1) is 0 Å². The van der Waals surface area contributed by atoms with Crippen molar-refractivity contribution in [2.75, 3.05) is 13.2 Å². The van der Waals surface area contributed by atoms with Gasteiger partial charge < -0.3 is 13.9 Å². The molecule has 0 aliphatic carbocycles. The molecular formula is C16H35O3PS. The standard InChI is InChI=1S/C16H35O3PS/c1-5-7-12-16(6-2)14-19-20(17,21)18-13-10-8-9-11-15(3)4/h15-16H,5-14H2,1-4H3,(H,17,21). The Morgan fingerprint density at radius 3 is 2.29 bits per heavy atom. The number of hydrogen-bond donors (Lipinski definition) is 1. The van der Waals surface area contributed by atoms with Crippen LogP contribution >= 0.6 is 6.72 Å². The lowest BCUT2D eigenvalue weighted by Crippen LogP contribution is -2.09. The Bertz CT molecular complexity index is 285. The third kappa shape index (κ3) is 13.9. The fraction of sp³-hybridized carbons (Fsp3) is 1.00. The van der Waals surface area contributed by atoms with Gasteiger partial charge in [-0.3, -0.25) is 0 Å². The lowest BCUT2D eigenvalue weighted by molar-refractivity contribution is 0.164. The second-order valence-electron chi connectivity index (χ2n) is 6.26. The average molecular weight is 338 g/mol. The molecule has 2 unspecified atom stereocenters. The van der Waals surface area contributed by atoms with Gasteiger partial charge >= 0.3 is 6.72 Å². The first kappa shape index (κ1) is 21.5. The largest absolute Gasteiger partial charge is 0.324 e. The van der Waals surface area contributed by atoms with Crippen molar-refractivity contribution in [3.05, 3.63) is 0 Å². The van der Waals surface area contributed by atoms with Crippen molar-refractivity contribution in [2.45, 2.75) is 79.1 Å². The van der Waals surface area contributed by atoms with Crippen molar-refractivity contribution in [1.29, 1.82) is 0 Å². The maximum Gasteiger partial charge on any atom is 0.324 e. The summed E-state index contributed by atoms with van der Waals surface area (Å²) in [5, 5.41) is 0. The summed E-state index contributed by atoms with van der Waals surface area (Å²) in [6.45, 7) is 6.82. The third-order valence-electron chi connectivity index (χ3n) is 3.70. The molecule has 0 aromatic rings. The highest BCUT2D eigenvalue weighted by Crippen LogP contribution is 2.44. The van der Waals surface area contributed by atoms with Crippen LogP contribution in [-0.4, -0.2) is 18.1 Å². The van der Waals surface area contributed by atoms with Crippen LogP contribution in [0.3, 0.4) is 0 Å². The van der Waals surface area contributed by atoms with Gasteiger partial charge in [-0.2, -0.15) is 0 Å². The molecule has 1 N–H and O–H groups in total. The van der Waals surface area contributed by atoms with Crippen LogP contribution in [0, 0.1) is 11.8 Å². The van der Waals surface area contributed by atoms with Gasteiger partial charge in [-0.25, -0.2) is 0 Å². The molecule has 3 nitrogen and oxygen atoms in total. The highest BCUT2D eigenvalue weighted by atomic mass is 32.5. The van der Waals surface area contributed by atoms with Gasteiger partial charge in [-0.1, -0.05) is 66.2 Å². The summed E-state index contributed by atoms with van der Waals surface area (Å²) in [5.41, 5.74) is 0. The van der Waals surface area contributed by atoms with E-state index in [1.165, 1.54) is 25.7 Å². The number of rotatable bonds is 14. The molecule has 0 aliphatic heterocycles. The Morgan fingerprint density at radius 2 is 1.71 bits per heavy atom. The average Bonchev–Trinajstić information content (AvgIpc) is 2.42. The lowest BCUT2D eigenvalue weighted by atomic mass is 10.0. The summed E-state index contributed by atoms with van der Waals surface area (Å²) in [6, 6.07) is 0. The molecule has 0 aromatic heterocycles. The fourth-order valence-corrected chi connectivity index (χ4v) is 3.39. The van der Waals surface area contributed by atoms with Gasteiger partial charge in [0.05, 0.1) is 13.2 Å². The molecule has 0 spiro atoms. The van der Waals surface area contributed by atoms with Crippen molar-refractivity contribution in [3.63, 3.8) is 0 Å². The van der Waals surface area contributed by atoms with E-state index < -0.39 is 6.72 Å². The molecule has 0 heterocycles. The molecule has 0 amide bonds. The normalized spacial score (nSPS) is 16.1. The molecular weight excluding hydrogens is 303 g/mol. The van der Waals surface area contributed by atoms with E-state index in [0.29, 0.717) is 19.1 Å². The molecule has 0 aliphatic rings. The first-order chi connectivity index (χ1) is 9.91. The van der Waals surface area contributed by atoms with Crippen LogP contribution in [0.4, 0.5) is 0 Å². The predicted molar refractivity (Wildman–Crippen MR) is 95.0 cm³/mol. The highest BCUT2D eigenvalue weighted by molar-refractivity contribution is 8.07. The maximum atomic E-state index is 10.0. The summed E-state index contributed by atoms with van der Waals surface area (Å²) < 4.78 is 10.9. The van der Waals surface area contributed by atoms with E-state index >= 15 is 0 Å². The van der Waals surface area contributed by atoms with Crippen molar-refractivity contribution < 1.29 is 13.9 Å². The third-order valence-corrected chi connectivity index (χ3v) is 5.31. The van der Waals surface area contributed by atoms with Gasteiger partial charge in [-0.05, 0) is 36.5 Å². The Hall–Kier alpha value is 0.530. The van der Waals surface area contributed by atoms with E-state index in [-0.39, 0.29) is 0 Å². The van der Waals surface area contributed by atoms with Gasteiger partial charge in [0.15, 0.2) is 0 Å². The fourth-order valence-electron chi connectivity index (χ4n) is 2.15. The molecule has 0 aromatic carbocycles. The molecule has 0 bridgehead atoms. The van der Waals surface area contributed by atoms with Gasteiger partial charge in [0.1, 0.15) is 0 Å². The van der Waals surface area contributed by atoms with Crippen LogP contribution in [0.2, 0.25) is 0 Å². The first-order valence-electron chi connectivity index (χ1n) is 8.53. The molecule has 21 heavy (non-hydrogen) atoms. The minimum Gasteiger partial charge on any atom is -0.324 e. The van der Waals surface area contributed by atoms with E-state index in [2.05, 4.69) is 27.7 Å². The second kappa shape index (κ2) is 13.0. The zero-order valence-electron chi connectivity index (χ0n) is 14.3. The first-order valence-corrected chi connectivity index (χ1v) is 11.1. The van der Waals surface area contributed by atoms with Crippen molar-refractivity contribution in [2.24, 2.45) is 11.8 Å². The predicted octanol–water partition coefficient (Wildman–Crippen LogP) is 5.67. The van der Waals surface area contributed by atoms with Crippen molar-refractivity contribution in [3.8, 4) is 0 Å². The molecule has 128 valence electrons. The second-order valence-corrected chi connectivity index (χ2v) is 9.10. The summed E-state index contributed by atoms with van der Waals surface area (Å²) in [5.74, 6) is 1.24. The zero-order valence-corrected chi connectivity index (χ0v) is 16.1. The Kier molecular flexibility index (Phi) is 13.3. The van der Waals surface area contributed by atoms with Crippen LogP contribution in [0.5, 0.6) is 0 Å². The lowest BCUT2D eigenvalue weighted by Gasteiger charge is -2.20. The van der Waals surface area contributed by atoms with Crippen molar-refractivity contribution >= 4 is 18.5 Å². The van der Waals surface area contributed by atoms with Crippen LogP contribution in [0.15, 0.2) is 0 Å². The minimum atomic E-state index is -3.03. The van der Waals surface area contributed by atoms with E-state index in [0.717, 1.165) is 31.6 Å². The summed E-state index contributed by atoms with van der Waals surface area (Å²) >= 11 is 5.06. The van der Waals surface area contributed by atoms with Crippen LogP contribution in [-0.2, 0) is 20.9 Å². The quantitative estimate of drug-likeness (QED) is 0.327. The SMILES string of the molecule is CCCCC(CC)COP(O)(=S)OCCCCCC(C)C. The molecule has 0 radical (unpaired) electrons. The number of unbranched alkanes of at least 4 members (excludes halogenated alkanes) is 3. The highest BCUT2D eigenvalue weighted by Gasteiger charge is 2.17. The molecule has 0 saturated heterocycles. The topological polar surface area (TPSA) is 38.7 Å².